The van der Waals surface area contributed by atoms with Crippen molar-refractivity contribution in [2.45, 2.75) is 13.0 Å². The second kappa shape index (κ2) is 11.9. The summed E-state index contributed by atoms with van der Waals surface area (Å²) < 4.78 is 6.42. The third kappa shape index (κ3) is 6.51. The van der Waals surface area contributed by atoms with Crippen LogP contribution in [-0.4, -0.2) is 75.9 Å². The predicted molar refractivity (Wildman–Crippen MR) is 150 cm³/mol. The standard InChI is InChI=1S/C28H32N8O3/c1-2-25(37)35-13-3-4-22(19-35)21-7-11-24(12-8-21)31-28(38)36-26(29)32-27(33-36)30-23-9-5-20(6-10-23)18-34-14-16-39-17-15-34/h2,4-12H,1,3,13-19H2,(H,31,38)(H3,29,30,32,33). The van der Waals surface area contributed by atoms with E-state index in [-0.39, 0.29) is 17.8 Å². The van der Waals surface area contributed by atoms with Crippen molar-refractivity contribution in [1.82, 2.24) is 24.6 Å². The Hall–Kier alpha value is -4.48. The zero-order valence-electron chi connectivity index (χ0n) is 21.7. The summed E-state index contributed by atoms with van der Waals surface area (Å²) in [6.07, 6.45) is 4.25. The molecule has 2 amide bonds. The Labute approximate surface area is 226 Å². The largest absolute Gasteiger partial charge is 0.379 e. The van der Waals surface area contributed by atoms with Crippen LogP contribution in [0.4, 0.5) is 28.1 Å². The molecule has 4 N–H and O–H groups in total. The summed E-state index contributed by atoms with van der Waals surface area (Å²) in [4.78, 5) is 33.1. The van der Waals surface area contributed by atoms with Gasteiger partial charge in [0, 0.05) is 44.1 Å². The van der Waals surface area contributed by atoms with Crippen LogP contribution in [0.2, 0.25) is 0 Å². The van der Waals surface area contributed by atoms with E-state index in [4.69, 9.17) is 10.5 Å². The second-order valence-corrected chi connectivity index (χ2v) is 9.41. The number of anilines is 4. The van der Waals surface area contributed by atoms with Crippen LogP contribution < -0.4 is 16.4 Å². The molecule has 3 heterocycles. The molecule has 39 heavy (non-hydrogen) atoms. The molecule has 0 atom stereocenters. The van der Waals surface area contributed by atoms with Crippen LogP contribution >= 0.6 is 0 Å². The van der Waals surface area contributed by atoms with Gasteiger partial charge in [-0.1, -0.05) is 36.9 Å². The Morgan fingerprint density at radius 2 is 1.74 bits per heavy atom. The van der Waals surface area contributed by atoms with Gasteiger partial charge >= 0.3 is 6.03 Å². The maximum Gasteiger partial charge on any atom is 0.349 e. The van der Waals surface area contributed by atoms with Crippen molar-refractivity contribution < 1.29 is 14.3 Å². The summed E-state index contributed by atoms with van der Waals surface area (Å²) in [6, 6.07) is 14.9. The Bertz CT molecular complexity index is 1360. The number of hydrogen-bond acceptors (Lipinski definition) is 8. The number of ether oxygens (including phenoxy) is 1. The fourth-order valence-electron chi connectivity index (χ4n) is 4.58. The van der Waals surface area contributed by atoms with Crippen LogP contribution in [0.15, 0.2) is 67.3 Å². The van der Waals surface area contributed by atoms with Crippen LogP contribution in [0, 0.1) is 0 Å². The summed E-state index contributed by atoms with van der Waals surface area (Å²) in [5.41, 5.74) is 10.6. The number of nitrogens with two attached hydrogens (primary N) is 1. The number of morpholine rings is 1. The van der Waals surface area contributed by atoms with Gasteiger partial charge < -0.3 is 26.0 Å². The van der Waals surface area contributed by atoms with Crippen molar-refractivity contribution in [2.75, 3.05) is 55.8 Å². The third-order valence-corrected chi connectivity index (χ3v) is 6.69. The maximum absolute atomic E-state index is 12.8. The molecule has 0 bridgehead atoms. The molecule has 2 aromatic carbocycles. The Morgan fingerprint density at radius 1 is 1.03 bits per heavy atom. The average Bonchev–Trinajstić information content (AvgIpc) is 3.34. The van der Waals surface area contributed by atoms with E-state index in [0.29, 0.717) is 18.8 Å². The number of nitrogens with zero attached hydrogens (tertiary/aromatic N) is 5. The lowest BCUT2D eigenvalue weighted by Gasteiger charge is -2.26. The molecule has 1 saturated heterocycles. The molecule has 11 heteroatoms. The monoisotopic (exact) mass is 528 g/mol. The van der Waals surface area contributed by atoms with Gasteiger partial charge in [-0.3, -0.25) is 9.69 Å². The summed E-state index contributed by atoms with van der Waals surface area (Å²) in [7, 11) is 0. The van der Waals surface area contributed by atoms with Crippen molar-refractivity contribution in [2.24, 2.45) is 0 Å². The van der Waals surface area contributed by atoms with Crippen molar-refractivity contribution in [1.29, 1.82) is 0 Å². The van der Waals surface area contributed by atoms with E-state index in [0.717, 1.165) is 60.8 Å². The second-order valence-electron chi connectivity index (χ2n) is 9.41. The molecule has 0 aliphatic carbocycles. The van der Waals surface area contributed by atoms with Crippen molar-refractivity contribution in [3.63, 3.8) is 0 Å². The highest BCUT2D eigenvalue weighted by molar-refractivity contribution is 5.92. The van der Waals surface area contributed by atoms with E-state index < -0.39 is 6.03 Å². The number of carbonyl (C=O) groups excluding carboxylic acids is 2. The van der Waals surface area contributed by atoms with E-state index in [1.807, 2.05) is 36.4 Å². The van der Waals surface area contributed by atoms with Gasteiger partial charge in [-0.2, -0.15) is 4.98 Å². The van der Waals surface area contributed by atoms with Gasteiger partial charge in [0.25, 0.3) is 0 Å². The number of amides is 2. The first kappa shape index (κ1) is 26.1. The van der Waals surface area contributed by atoms with E-state index in [2.05, 4.69) is 38.3 Å². The number of hydrogen-bond donors (Lipinski definition) is 3. The minimum atomic E-state index is -0.527. The van der Waals surface area contributed by atoms with Gasteiger partial charge in [0.1, 0.15) is 0 Å². The first-order chi connectivity index (χ1) is 19.0. The van der Waals surface area contributed by atoms with Crippen molar-refractivity contribution in [3.05, 3.63) is 78.4 Å². The third-order valence-electron chi connectivity index (χ3n) is 6.69. The van der Waals surface area contributed by atoms with Crippen molar-refractivity contribution >= 4 is 40.8 Å². The Morgan fingerprint density at radius 3 is 2.46 bits per heavy atom. The van der Waals surface area contributed by atoms with E-state index in [1.165, 1.54) is 11.6 Å². The van der Waals surface area contributed by atoms with Gasteiger partial charge in [0.2, 0.25) is 17.8 Å². The molecule has 0 unspecified atom stereocenters. The summed E-state index contributed by atoms with van der Waals surface area (Å²) in [6.45, 7) is 9.05. The highest BCUT2D eigenvalue weighted by Crippen LogP contribution is 2.23. The lowest BCUT2D eigenvalue weighted by molar-refractivity contribution is -0.125. The normalized spacial score (nSPS) is 15.9. The number of aromatic nitrogens is 3. The van der Waals surface area contributed by atoms with Crippen LogP contribution in [0.1, 0.15) is 17.5 Å². The number of nitrogens with one attached hydrogen (secondary N) is 2. The molecule has 202 valence electrons. The number of rotatable bonds is 7. The van der Waals surface area contributed by atoms with Crippen LogP contribution in [-0.2, 0) is 16.1 Å². The molecular formula is C28H32N8O3. The van der Waals surface area contributed by atoms with E-state index in [1.54, 1.807) is 17.0 Å². The van der Waals surface area contributed by atoms with Crippen LogP contribution in [0.5, 0.6) is 0 Å². The minimum Gasteiger partial charge on any atom is -0.379 e. The first-order valence-electron chi connectivity index (χ1n) is 12.9. The highest BCUT2D eigenvalue weighted by Gasteiger charge is 2.18. The van der Waals surface area contributed by atoms with Gasteiger partial charge in [-0.15, -0.1) is 9.78 Å². The first-order valence-corrected chi connectivity index (χ1v) is 12.9. The quantitative estimate of drug-likeness (QED) is 0.398. The summed E-state index contributed by atoms with van der Waals surface area (Å²) >= 11 is 0. The zero-order chi connectivity index (χ0) is 27.2. The lowest BCUT2D eigenvalue weighted by Crippen LogP contribution is -2.35. The highest BCUT2D eigenvalue weighted by atomic mass is 16.5. The smallest absolute Gasteiger partial charge is 0.349 e. The van der Waals surface area contributed by atoms with Crippen molar-refractivity contribution in [3.8, 4) is 0 Å². The molecule has 1 aromatic heterocycles. The summed E-state index contributed by atoms with van der Waals surface area (Å²) in [5.74, 6) is 0.112. The minimum absolute atomic E-state index is 0.0325. The zero-order valence-corrected chi connectivity index (χ0v) is 21.7. The Kier molecular flexibility index (Phi) is 7.99. The molecule has 11 nitrogen and oxygen atoms in total. The molecule has 0 spiro atoms. The van der Waals surface area contributed by atoms with Crippen LogP contribution in [0.3, 0.4) is 0 Å². The molecule has 5 rings (SSSR count). The topological polar surface area (TPSA) is 131 Å². The van der Waals surface area contributed by atoms with E-state index in [9.17, 15) is 9.59 Å². The van der Waals surface area contributed by atoms with Gasteiger partial charge in [-0.25, -0.2) is 4.79 Å². The SMILES string of the molecule is C=CC(=O)N1CCC=C(c2ccc(NC(=O)n3nc(Nc4ccc(CN5CCOCC5)cc4)nc3N)cc2)C1. The molecule has 2 aliphatic rings. The van der Waals surface area contributed by atoms with Crippen LogP contribution in [0.25, 0.3) is 5.57 Å². The molecule has 0 saturated carbocycles. The Balaban J connectivity index is 1.17. The molecule has 1 fully saturated rings. The number of carbonyl (C=O) groups is 2. The average molecular weight is 529 g/mol. The fourth-order valence-corrected chi connectivity index (χ4v) is 4.58. The lowest BCUT2D eigenvalue weighted by atomic mass is 10.0. The summed E-state index contributed by atoms with van der Waals surface area (Å²) in [5, 5.41) is 10.1. The van der Waals surface area contributed by atoms with Gasteiger partial charge in [0.05, 0.1) is 13.2 Å². The molecular weight excluding hydrogens is 496 g/mol. The fraction of sp³-hybridized carbons (Fsp3) is 0.286. The number of benzene rings is 2. The molecule has 0 radical (unpaired) electrons. The molecule has 3 aromatic rings. The van der Waals surface area contributed by atoms with E-state index >= 15 is 0 Å². The van der Waals surface area contributed by atoms with Gasteiger partial charge in [0.15, 0.2) is 0 Å². The number of nitrogen functional groups attached to an aromatic ring is 1. The molecule has 2 aliphatic heterocycles. The van der Waals surface area contributed by atoms with Gasteiger partial charge in [-0.05, 0) is 53.5 Å². The maximum atomic E-state index is 12.8. The predicted octanol–water partition coefficient (Wildman–Crippen LogP) is 3.32.